The molecule has 0 aromatic heterocycles. The minimum Gasteiger partial charge on any atom is -0.339 e. The molecule has 3 nitrogen and oxygen atoms in total. The molecule has 0 bridgehead atoms. The van der Waals surface area contributed by atoms with Gasteiger partial charge in [-0.05, 0) is 55.8 Å². The Hall–Kier alpha value is -1.35. The molecule has 1 amide bonds. The van der Waals surface area contributed by atoms with Gasteiger partial charge < -0.3 is 4.90 Å². The predicted octanol–water partition coefficient (Wildman–Crippen LogP) is 3.93. The summed E-state index contributed by atoms with van der Waals surface area (Å²) in [6.07, 6.45) is 7.49. The van der Waals surface area contributed by atoms with E-state index in [0.717, 1.165) is 44.0 Å². The van der Waals surface area contributed by atoms with Crippen molar-refractivity contribution in [1.29, 1.82) is 0 Å². The fourth-order valence-electron chi connectivity index (χ4n) is 3.90. The molecule has 0 spiro atoms. The van der Waals surface area contributed by atoms with Crippen LogP contribution in [0.5, 0.6) is 0 Å². The molecule has 2 heterocycles. The average molecular weight is 314 g/mol. The fourth-order valence-corrected chi connectivity index (χ4v) is 3.90. The first-order chi connectivity index (χ1) is 11.2. The van der Waals surface area contributed by atoms with E-state index in [4.69, 9.17) is 0 Å². The van der Waals surface area contributed by atoms with Crippen molar-refractivity contribution in [2.45, 2.75) is 52.0 Å². The maximum atomic E-state index is 12.6. The standard InChI is InChI=1S/C20H30N2O/c1-17-7-6-12-21(15-17)16-18-8-10-19(11-9-18)20(23)22-13-4-2-3-5-14-22/h8-11,17H,2-7,12-16H2,1H3. The number of hydrogen-bond donors (Lipinski definition) is 0. The van der Waals surface area contributed by atoms with Gasteiger partial charge >= 0.3 is 0 Å². The van der Waals surface area contributed by atoms with Crippen molar-refractivity contribution in [2.75, 3.05) is 26.2 Å². The lowest BCUT2D eigenvalue weighted by molar-refractivity contribution is 0.0761. The first-order valence-electron chi connectivity index (χ1n) is 9.33. The Labute approximate surface area is 140 Å². The van der Waals surface area contributed by atoms with Gasteiger partial charge in [0.25, 0.3) is 5.91 Å². The zero-order valence-corrected chi connectivity index (χ0v) is 14.5. The van der Waals surface area contributed by atoms with Gasteiger partial charge in [0.15, 0.2) is 0 Å². The number of likely N-dealkylation sites (tertiary alicyclic amines) is 2. The smallest absolute Gasteiger partial charge is 0.253 e. The van der Waals surface area contributed by atoms with E-state index < -0.39 is 0 Å². The Bertz CT molecular complexity index is 503. The van der Waals surface area contributed by atoms with Crippen LogP contribution in [-0.4, -0.2) is 41.9 Å². The molecule has 2 saturated heterocycles. The van der Waals surface area contributed by atoms with E-state index in [1.807, 2.05) is 17.0 Å². The van der Waals surface area contributed by atoms with Crippen LogP contribution in [0.15, 0.2) is 24.3 Å². The van der Waals surface area contributed by atoms with Gasteiger partial charge in [0.1, 0.15) is 0 Å². The molecule has 2 aliphatic rings. The highest BCUT2D eigenvalue weighted by Crippen LogP contribution is 2.19. The minimum absolute atomic E-state index is 0.213. The molecule has 0 N–H and O–H groups in total. The van der Waals surface area contributed by atoms with E-state index >= 15 is 0 Å². The van der Waals surface area contributed by atoms with Crippen LogP contribution in [0.3, 0.4) is 0 Å². The number of carbonyl (C=O) groups excluding carboxylic acids is 1. The summed E-state index contributed by atoms with van der Waals surface area (Å²) in [5.74, 6) is 1.03. The second-order valence-electron chi connectivity index (χ2n) is 7.39. The number of nitrogens with zero attached hydrogens (tertiary/aromatic N) is 2. The van der Waals surface area contributed by atoms with Crippen molar-refractivity contribution < 1.29 is 4.79 Å². The first-order valence-corrected chi connectivity index (χ1v) is 9.33. The van der Waals surface area contributed by atoms with Crippen LogP contribution in [0.2, 0.25) is 0 Å². The van der Waals surface area contributed by atoms with Crippen molar-refractivity contribution in [3.05, 3.63) is 35.4 Å². The van der Waals surface area contributed by atoms with Gasteiger partial charge in [-0.3, -0.25) is 9.69 Å². The molecule has 23 heavy (non-hydrogen) atoms. The Balaban J connectivity index is 1.58. The molecule has 0 aliphatic carbocycles. The summed E-state index contributed by atoms with van der Waals surface area (Å²) >= 11 is 0. The zero-order chi connectivity index (χ0) is 16.1. The third-order valence-electron chi connectivity index (χ3n) is 5.24. The molecule has 0 radical (unpaired) electrons. The number of carbonyl (C=O) groups is 1. The molecular weight excluding hydrogens is 284 g/mol. The largest absolute Gasteiger partial charge is 0.339 e. The van der Waals surface area contributed by atoms with Gasteiger partial charge in [0, 0.05) is 31.7 Å². The molecule has 3 rings (SSSR count). The van der Waals surface area contributed by atoms with E-state index in [0.29, 0.717) is 0 Å². The van der Waals surface area contributed by atoms with Gasteiger partial charge in [-0.1, -0.05) is 31.9 Å². The van der Waals surface area contributed by atoms with Gasteiger partial charge in [0.05, 0.1) is 0 Å². The van der Waals surface area contributed by atoms with Gasteiger partial charge in [-0.2, -0.15) is 0 Å². The van der Waals surface area contributed by atoms with Gasteiger partial charge in [0.2, 0.25) is 0 Å². The maximum Gasteiger partial charge on any atom is 0.253 e. The van der Waals surface area contributed by atoms with Crippen LogP contribution in [0.25, 0.3) is 0 Å². The third kappa shape index (κ3) is 4.57. The average Bonchev–Trinajstić information content (AvgIpc) is 2.84. The highest BCUT2D eigenvalue weighted by Gasteiger charge is 2.18. The normalized spacial score (nSPS) is 23.5. The molecule has 1 aromatic carbocycles. The van der Waals surface area contributed by atoms with Crippen LogP contribution in [0, 0.1) is 5.92 Å². The molecule has 126 valence electrons. The number of rotatable bonds is 3. The van der Waals surface area contributed by atoms with E-state index in [-0.39, 0.29) is 5.91 Å². The summed E-state index contributed by atoms with van der Waals surface area (Å²) in [7, 11) is 0. The van der Waals surface area contributed by atoms with Gasteiger partial charge in [-0.25, -0.2) is 0 Å². The molecule has 1 atom stereocenters. The Morgan fingerprint density at radius 1 is 1.00 bits per heavy atom. The highest BCUT2D eigenvalue weighted by molar-refractivity contribution is 5.94. The van der Waals surface area contributed by atoms with Gasteiger partial charge in [-0.15, -0.1) is 0 Å². The molecule has 1 unspecified atom stereocenters. The lowest BCUT2D eigenvalue weighted by atomic mass is 9.99. The molecule has 3 heteroatoms. The monoisotopic (exact) mass is 314 g/mol. The molecule has 2 fully saturated rings. The number of piperidine rings is 1. The second kappa shape index (κ2) is 7.96. The molecule has 0 saturated carbocycles. The van der Waals surface area contributed by atoms with Crippen molar-refractivity contribution in [3.63, 3.8) is 0 Å². The van der Waals surface area contributed by atoms with Crippen molar-refractivity contribution >= 4 is 5.91 Å². The Kier molecular flexibility index (Phi) is 5.71. The minimum atomic E-state index is 0.213. The summed E-state index contributed by atoms with van der Waals surface area (Å²) in [5, 5.41) is 0. The fraction of sp³-hybridized carbons (Fsp3) is 0.650. The van der Waals surface area contributed by atoms with E-state index in [2.05, 4.69) is 24.0 Å². The molecular formula is C20H30N2O. The maximum absolute atomic E-state index is 12.6. The Morgan fingerprint density at radius 2 is 1.70 bits per heavy atom. The van der Waals surface area contributed by atoms with E-state index in [9.17, 15) is 4.79 Å². The van der Waals surface area contributed by atoms with Crippen LogP contribution in [0.1, 0.15) is 61.4 Å². The summed E-state index contributed by atoms with van der Waals surface area (Å²) in [5.41, 5.74) is 2.18. The number of benzene rings is 1. The highest BCUT2D eigenvalue weighted by atomic mass is 16.2. The van der Waals surface area contributed by atoms with E-state index in [1.54, 1.807) is 0 Å². The lowest BCUT2D eigenvalue weighted by Gasteiger charge is -2.30. The first kappa shape index (κ1) is 16.5. The van der Waals surface area contributed by atoms with E-state index in [1.165, 1.54) is 44.3 Å². The van der Waals surface area contributed by atoms with Crippen LogP contribution in [-0.2, 0) is 6.54 Å². The summed E-state index contributed by atoms with van der Waals surface area (Å²) in [6.45, 7) is 7.61. The van der Waals surface area contributed by atoms with Crippen molar-refractivity contribution in [2.24, 2.45) is 5.92 Å². The number of hydrogen-bond acceptors (Lipinski definition) is 2. The summed E-state index contributed by atoms with van der Waals surface area (Å²) in [6, 6.07) is 8.33. The zero-order valence-electron chi connectivity index (χ0n) is 14.5. The summed E-state index contributed by atoms with van der Waals surface area (Å²) < 4.78 is 0. The number of amides is 1. The van der Waals surface area contributed by atoms with Crippen molar-refractivity contribution in [1.82, 2.24) is 9.80 Å². The molecule has 1 aromatic rings. The predicted molar refractivity (Wildman–Crippen MR) is 94.5 cm³/mol. The third-order valence-corrected chi connectivity index (χ3v) is 5.24. The van der Waals surface area contributed by atoms with Crippen LogP contribution in [0.4, 0.5) is 0 Å². The Morgan fingerprint density at radius 3 is 2.35 bits per heavy atom. The lowest BCUT2D eigenvalue weighted by Crippen LogP contribution is -2.33. The second-order valence-corrected chi connectivity index (χ2v) is 7.39. The van der Waals surface area contributed by atoms with Crippen LogP contribution >= 0.6 is 0 Å². The van der Waals surface area contributed by atoms with Crippen molar-refractivity contribution in [3.8, 4) is 0 Å². The van der Waals surface area contributed by atoms with Crippen LogP contribution < -0.4 is 0 Å². The quantitative estimate of drug-likeness (QED) is 0.844. The molecule has 2 aliphatic heterocycles. The summed E-state index contributed by atoms with van der Waals surface area (Å²) in [4.78, 5) is 17.2. The topological polar surface area (TPSA) is 23.6 Å². The SMILES string of the molecule is CC1CCCN(Cc2ccc(C(=O)N3CCCCCC3)cc2)C1.